The Morgan fingerprint density at radius 1 is 1.75 bits per heavy atom. The van der Waals surface area contributed by atoms with Gasteiger partial charge in [-0.25, -0.2) is 0 Å². The molecule has 3 heteroatoms. The minimum atomic E-state index is 0.148. The van der Waals surface area contributed by atoms with Crippen molar-refractivity contribution in [2.24, 2.45) is 5.92 Å². The molecule has 0 saturated carbocycles. The molecule has 3 nitrogen and oxygen atoms in total. The maximum atomic E-state index is 8.41. The highest BCUT2D eigenvalue weighted by atomic mass is 15.4. The predicted molar refractivity (Wildman–Crippen MR) is 29.7 cm³/mol. The first-order valence-electron chi connectivity index (χ1n) is 2.72. The van der Waals surface area contributed by atoms with E-state index in [1.807, 2.05) is 6.92 Å². The number of hydrogen-bond acceptors (Lipinski definition) is 3. The second-order valence-corrected chi connectivity index (χ2v) is 2.05. The van der Waals surface area contributed by atoms with Crippen LogP contribution in [0.3, 0.4) is 0 Å². The molecular formula is C5H9N3. The Balaban J connectivity index is 2.45. The van der Waals surface area contributed by atoms with Crippen LogP contribution in [0.2, 0.25) is 0 Å². The molecule has 1 heterocycles. The van der Waals surface area contributed by atoms with Crippen LogP contribution in [0.25, 0.3) is 0 Å². The van der Waals surface area contributed by atoms with Gasteiger partial charge in [0, 0.05) is 12.6 Å². The first-order valence-corrected chi connectivity index (χ1v) is 2.72. The van der Waals surface area contributed by atoms with Gasteiger partial charge in [0.15, 0.2) is 0 Å². The summed E-state index contributed by atoms with van der Waals surface area (Å²) in [5.41, 5.74) is 5.85. The van der Waals surface area contributed by atoms with Crippen molar-refractivity contribution in [3.63, 3.8) is 0 Å². The third-order valence-electron chi connectivity index (χ3n) is 1.42. The number of nitrogens with one attached hydrogen (secondary N) is 2. The smallest absolute Gasteiger partial charge is 0.0765 e. The van der Waals surface area contributed by atoms with Crippen molar-refractivity contribution < 1.29 is 0 Å². The summed E-state index contributed by atoms with van der Waals surface area (Å²) in [5.74, 6) is 0.148. The van der Waals surface area contributed by atoms with E-state index in [0.717, 1.165) is 6.54 Å². The number of hydrazine groups is 1. The molecular weight excluding hydrogens is 102 g/mol. The van der Waals surface area contributed by atoms with Crippen molar-refractivity contribution >= 4 is 0 Å². The zero-order valence-corrected chi connectivity index (χ0v) is 4.81. The molecule has 0 radical (unpaired) electrons. The normalized spacial score (nSPS) is 37.0. The van der Waals surface area contributed by atoms with Crippen LogP contribution in [-0.4, -0.2) is 12.6 Å². The number of nitriles is 1. The van der Waals surface area contributed by atoms with Crippen LogP contribution in [0.15, 0.2) is 0 Å². The Hall–Kier alpha value is -0.590. The first-order chi connectivity index (χ1) is 3.84. The predicted octanol–water partition coefficient (Wildman–Crippen LogP) is -0.378. The second kappa shape index (κ2) is 2.12. The van der Waals surface area contributed by atoms with Crippen LogP contribution < -0.4 is 10.9 Å². The van der Waals surface area contributed by atoms with E-state index >= 15 is 0 Å². The van der Waals surface area contributed by atoms with Gasteiger partial charge in [-0.05, 0) is 6.92 Å². The topological polar surface area (TPSA) is 47.8 Å². The van der Waals surface area contributed by atoms with Gasteiger partial charge in [0.25, 0.3) is 0 Å². The number of nitrogens with zero attached hydrogens (tertiary/aromatic N) is 1. The molecule has 1 saturated heterocycles. The van der Waals surface area contributed by atoms with Crippen LogP contribution >= 0.6 is 0 Å². The Morgan fingerprint density at radius 2 is 2.50 bits per heavy atom. The van der Waals surface area contributed by atoms with Gasteiger partial charge < -0.3 is 0 Å². The average molecular weight is 111 g/mol. The van der Waals surface area contributed by atoms with Crippen molar-refractivity contribution in [3.8, 4) is 6.07 Å². The lowest BCUT2D eigenvalue weighted by Gasteiger charge is -2.01. The molecule has 0 bridgehead atoms. The number of hydrogen-bond donors (Lipinski definition) is 2. The molecule has 2 unspecified atom stereocenters. The first kappa shape index (κ1) is 5.54. The lowest BCUT2D eigenvalue weighted by Crippen LogP contribution is -2.28. The van der Waals surface area contributed by atoms with Crippen molar-refractivity contribution in [2.45, 2.75) is 13.0 Å². The zero-order chi connectivity index (χ0) is 5.98. The summed E-state index contributed by atoms with van der Waals surface area (Å²) < 4.78 is 0. The summed E-state index contributed by atoms with van der Waals surface area (Å²) in [6.07, 6.45) is 0. The summed E-state index contributed by atoms with van der Waals surface area (Å²) in [4.78, 5) is 0. The fourth-order valence-electron chi connectivity index (χ4n) is 0.765. The highest BCUT2D eigenvalue weighted by molar-refractivity contribution is 4.94. The summed E-state index contributed by atoms with van der Waals surface area (Å²) in [7, 11) is 0. The van der Waals surface area contributed by atoms with Gasteiger partial charge in [0.05, 0.1) is 12.0 Å². The van der Waals surface area contributed by atoms with E-state index in [4.69, 9.17) is 5.26 Å². The van der Waals surface area contributed by atoms with E-state index in [2.05, 4.69) is 16.9 Å². The fourth-order valence-corrected chi connectivity index (χ4v) is 0.765. The molecule has 2 atom stereocenters. The maximum Gasteiger partial charge on any atom is 0.0765 e. The molecule has 8 heavy (non-hydrogen) atoms. The third-order valence-corrected chi connectivity index (χ3v) is 1.42. The Labute approximate surface area is 48.7 Å². The third kappa shape index (κ3) is 0.808. The zero-order valence-electron chi connectivity index (χ0n) is 4.81. The molecule has 0 spiro atoms. The Morgan fingerprint density at radius 3 is 2.75 bits per heavy atom. The van der Waals surface area contributed by atoms with Crippen molar-refractivity contribution in [2.75, 3.05) is 6.54 Å². The van der Waals surface area contributed by atoms with Crippen molar-refractivity contribution in [1.82, 2.24) is 10.9 Å². The minimum absolute atomic E-state index is 0.148. The standard InChI is InChI=1S/C5H9N3/c1-4-5(2-6)3-7-8-4/h4-5,7-8H,3H2,1H3. The monoisotopic (exact) mass is 111 g/mol. The average Bonchev–Trinajstić information content (AvgIpc) is 2.14. The Bertz CT molecular complexity index is 115. The SMILES string of the molecule is CC1NNCC1C#N. The summed E-state index contributed by atoms with van der Waals surface area (Å²) >= 11 is 0. The van der Waals surface area contributed by atoms with Gasteiger partial charge in [-0.1, -0.05) is 0 Å². The molecule has 0 aromatic heterocycles. The molecule has 1 rings (SSSR count). The lowest BCUT2D eigenvalue weighted by atomic mass is 10.1. The molecule has 1 fully saturated rings. The van der Waals surface area contributed by atoms with Gasteiger partial charge in [-0.2, -0.15) is 5.26 Å². The van der Waals surface area contributed by atoms with E-state index in [0.29, 0.717) is 6.04 Å². The molecule has 1 aliphatic heterocycles. The highest BCUT2D eigenvalue weighted by Crippen LogP contribution is 2.03. The van der Waals surface area contributed by atoms with Gasteiger partial charge >= 0.3 is 0 Å². The Kier molecular flexibility index (Phi) is 1.47. The minimum Gasteiger partial charge on any atom is -0.256 e. The van der Waals surface area contributed by atoms with Crippen molar-refractivity contribution in [1.29, 1.82) is 5.26 Å². The van der Waals surface area contributed by atoms with Crippen LogP contribution in [-0.2, 0) is 0 Å². The van der Waals surface area contributed by atoms with Gasteiger partial charge in [-0.15, -0.1) is 0 Å². The highest BCUT2D eigenvalue weighted by Gasteiger charge is 2.21. The van der Waals surface area contributed by atoms with Crippen molar-refractivity contribution in [3.05, 3.63) is 0 Å². The van der Waals surface area contributed by atoms with Gasteiger partial charge in [-0.3, -0.25) is 10.9 Å². The summed E-state index contributed by atoms with van der Waals surface area (Å²) in [6, 6.07) is 2.49. The molecule has 0 aromatic carbocycles. The fraction of sp³-hybridized carbons (Fsp3) is 0.800. The van der Waals surface area contributed by atoms with Crippen LogP contribution in [0.5, 0.6) is 0 Å². The van der Waals surface area contributed by atoms with Crippen LogP contribution in [0.4, 0.5) is 0 Å². The molecule has 44 valence electrons. The second-order valence-electron chi connectivity index (χ2n) is 2.05. The van der Waals surface area contributed by atoms with E-state index in [1.54, 1.807) is 0 Å². The maximum absolute atomic E-state index is 8.41. The van der Waals surface area contributed by atoms with Crippen LogP contribution in [0, 0.1) is 17.2 Å². The quantitative estimate of drug-likeness (QED) is 0.448. The van der Waals surface area contributed by atoms with Gasteiger partial charge in [0.1, 0.15) is 0 Å². The lowest BCUT2D eigenvalue weighted by molar-refractivity contribution is 0.561. The summed E-state index contributed by atoms with van der Waals surface area (Å²) in [5, 5.41) is 8.41. The molecule has 2 N–H and O–H groups in total. The van der Waals surface area contributed by atoms with E-state index in [-0.39, 0.29) is 5.92 Å². The van der Waals surface area contributed by atoms with Crippen LogP contribution in [0.1, 0.15) is 6.92 Å². The van der Waals surface area contributed by atoms with E-state index in [1.165, 1.54) is 0 Å². The largest absolute Gasteiger partial charge is 0.256 e. The van der Waals surface area contributed by atoms with E-state index in [9.17, 15) is 0 Å². The number of rotatable bonds is 0. The van der Waals surface area contributed by atoms with Gasteiger partial charge in [0.2, 0.25) is 0 Å². The van der Waals surface area contributed by atoms with E-state index < -0.39 is 0 Å². The molecule has 0 aliphatic carbocycles. The molecule has 0 aromatic rings. The molecule has 0 amide bonds. The molecule has 1 aliphatic rings. The summed E-state index contributed by atoms with van der Waals surface area (Å²) in [6.45, 7) is 2.77.